The Hall–Kier alpha value is -2.59. The van der Waals surface area contributed by atoms with Crippen LogP contribution in [0.4, 0.5) is 0 Å². The number of hydrogen-bond donors (Lipinski definition) is 1. The Morgan fingerprint density at radius 3 is 2.29 bits per heavy atom. The van der Waals surface area contributed by atoms with E-state index in [4.69, 9.17) is 18.9 Å². The van der Waals surface area contributed by atoms with Crippen molar-refractivity contribution in [3.8, 4) is 0 Å². The van der Waals surface area contributed by atoms with Crippen LogP contribution < -0.4 is 0 Å². The SMILES string of the molecule is CO[C@@H]1O[C@H](COCc2ccccc2)[C@@H](O)[C@H](OC(C)=O)[C@H]1N1C(=O)C(C)=C(C)C1=O. The Kier molecular flexibility index (Phi) is 7.22. The molecule has 1 fully saturated rings. The molecule has 0 spiro atoms. The summed E-state index contributed by atoms with van der Waals surface area (Å²) in [6, 6.07) is 8.31. The van der Waals surface area contributed by atoms with Crippen molar-refractivity contribution in [3.05, 3.63) is 47.0 Å². The summed E-state index contributed by atoms with van der Waals surface area (Å²) in [7, 11) is 1.35. The van der Waals surface area contributed by atoms with E-state index < -0.39 is 48.4 Å². The molecular weight excluding hydrogens is 406 g/mol. The average molecular weight is 433 g/mol. The molecule has 1 aromatic rings. The van der Waals surface area contributed by atoms with Gasteiger partial charge in [-0.15, -0.1) is 0 Å². The van der Waals surface area contributed by atoms with Crippen LogP contribution in [0, 0.1) is 0 Å². The fraction of sp³-hybridized carbons (Fsp3) is 0.500. The number of carbonyl (C=O) groups is 3. The highest BCUT2D eigenvalue weighted by Gasteiger charge is 2.54. The van der Waals surface area contributed by atoms with E-state index in [-0.39, 0.29) is 24.4 Å². The standard InChI is InChI=1S/C22H27NO8/c1-12-13(2)21(27)23(20(12)26)17-19(30-14(3)24)18(25)16(31-22(17)28-4)11-29-10-15-8-6-5-7-9-15/h5-9,16-19,22,25H,10-11H2,1-4H3/t16-,17-,18-,19-,22-/m1/s1. The van der Waals surface area contributed by atoms with Crippen LogP contribution in [0.3, 0.4) is 0 Å². The van der Waals surface area contributed by atoms with Crippen molar-refractivity contribution in [1.82, 2.24) is 4.90 Å². The molecule has 2 heterocycles. The Labute approximate surface area is 180 Å². The molecule has 0 unspecified atom stereocenters. The van der Waals surface area contributed by atoms with Crippen molar-refractivity contribution < 1.29 is 38.4 Å². The monoisotopic (exact) mass is 433 g/mol. The Bertz CT molecular complexity index is 844. The zero-order valence-corrected chi connectivity index (χ0v) is 17.9. The van der Waals surface area contributed by atoms with E-state index in [2.05, 4.69) is 0 Å². The number of amides is 2. The van der Waals surface area contributed by atoms with Crippen LogP contribution in [0.2, 0.25) is 0 Å². The van der Waals surface area contributed by atoms with Gasteiger partial charge in [-0.3, -0.25) is 19.3 Å². The first-order chi connectivity index (χ1) is 14.8. The van der Waals surface area contributed by atoms with Crippen LogP contribution >= 0.6 is 0 Å². The summed E-state index contributed by atoms with van der Waals surface area (Å²) in [5, 5.41) is 10.9. The molecule has 9 heteroatoms. The van der Waals surface area contributed by atoms with E-state index >= 15 is 0 Å². The normalized spacial score (nSPS) is 28.9. The van der Waals surface area contributed by atoms with Crippen molar-refractivity contribution >= 4 is 17.8 Å². The maximum absolute atomic E-state index is 12.7. The first-order valence-corrected chi connectivity index (χ1v) is 9.96. The smallest absolute Gasteiger partial charge is 0.303 e. The van der Waals surface area contributed by atoms with Crippen LogP contribution in [0.15, 0.2) is 41.5 Å². The molecule has 1 aromatic carbocycles. The summed E-state index contributed by atoms with van der Waals surface area (Å²) in [5.41, 5.74) is 1.50. The molecule has 0 radical (unpaired) electrons. The minimum atomic E-state index is -1.35. The molecule has 9 nitrogen and oxygen atoms in total. The molecule has 2 aliphatic heterocycles. The second-order valence-electron chi connectivity index (χ2n) is 7.56. The van der Waals surface area contributed by atoms with Gasteiger partial charge in [-0.25, -0.2) is 0 Å². The zero-order valence-electron chi connectivity index (χ0n) is 17.9. The number of esters is 1. The predicted molar refractivity (Wildman–Crippen MR) is 107 cm³/mol. The van der Waals surface area contributed by atoms with E-state index in [0.29, 0.717) is 0 Å². The van der Waals surface area contributed by atoms with Crippen molar-refractivity contribution in [2.24, 2.45) is 0 Å². The summed E-state index contributed by atoms with van der Waals surface area (Å²) in [5.74, 6) is -1.75. The lowest BCUT2D eigenvalue weighted by Gasteiger charge is -2.46. The number of rotatable bonds is 7. The lowest BCUT2D eigenvalue weighted by molar-refractivity contribution is -0.281. The van der Waals surface area contributed by atoms with Gasteiger partial charge in [0.25, 0.3) is 11.8 Å². The minimum absolute atomic E-state index is 0.0153. The van der Waals surface area contributed by atoms with Crippen LogP contribution in [0.25, 0.3) is 0 Å². The molecule has 0 aromatic heterocycles. The van der Waals surface area contributed by atoms with Crippen molar-refractivity contribution in [2.45, 2.75) is 58.0 Å². The highest BCUT2D eigenvalue weighted by atomic mass is 16.7. The minimum Gasteiger partial charge on any atom is -0.457 e. The lowest BCUT2D eigenvalue weighted by atomic mass is 9.95. The van der Waals surface area contributed by atoms with Crippen LogP contribution in [-0.4, -0.2) is 72.2 Å². The number of aliphatic hydroxyl groups excluding tert-OH is 1. The Morgan fingerprint density at radius 2 is 1.74 bits per heavy atom. The van der Waals surface area contributed by atoms with Gasteiger partial charge in [0.05, 0.1) is 13.2 Å². The molecule has 2 aliphatic rings. The van der Waals surface area contributed by atoms with Gasteiger partial charge in [-0.05, 0) is 19.4 Å². The van der Waals surface area contributed by atoms with Crippen LogP contribution in [-0.2, 0) is 39.9 Å². The third-order valence-electron chi connectivity index (χ3n) is 5.51. The maximum Gasteiger partial charge on any atom is 0.303 e. The molecule has 168 valence electrons. The number of nitrogens with zero attached hydrogens (tertiary/aromatic N) is 1. The fourth-order valence-corrected chi connectivity index (χ4v) is 3.75. The van der Waals surface area contributed by atoms with Gasteiger partial charge < -0.3 is 24.1 Å². The van der Waals surface area contributed by atoms with Gasteiger partial charge in [0, 0.05) is 25.2 Å². The number of carbonyl (C=O) groups excluding carboxylic acids is 3. The molecule has 1 saturated heterocycles. The first kappa shape index (κ1) is 23.1. The molecule has 0 aliphatic carbocycles. The van der Waals surface area contributed by atoms with Crippen LogP contribution in [0.5, 0.6) is 0 Å². The van der Waals surface area contributed by atoms with Gasteiger partial charge in [0.1, 0.15) is 18.2 Å². The number of hydrogen-bond acceptors (Lipinski definition) is 8. The predicted octanol–water partition coefficient (Wildman–Crippen LogP) is 0.941. The summed E-state index contributed by atoms with van der Waals surface area (Å²) in [6.45, 7) is 4.54. The van der Waals surface area contributed by atoms with Crippen molar-refractivity contribution in [2.75, 3.05) is 13.7 Å². The molecule has 1 N–H and O–H groups in total. The van der Waals surface area contributed by atoms with Gasteiger partial charge in [-0.1, -0.05) is 30.3 Å². The van der Waals surface area contributed by atoms with E-state index in [0.717, 1.165) is 10.5 Å². The molecule has 0 bridgehead atoms. The number of aliphatic hydroxyl groups is 1. The molecule has 3 rings (SSSR count). The molecular formula is C22H27NO8. The quantitative estimate of drug-likeness (QED) is 0.500. The van der Waals surface area contributed by atoms with E-state index in [1.165, 1.54) is 14.0 Å². The van der Waals surface area contributed by atoms with Gasteiger partial charge in [0.2, 0.25) is 0 Å². The number of methoxy groups -OCH3 is 1. The molecule has 2 amide bonds. The number of benzene rings is 1. The van der Waals surface area contributed by atoms with Gasteiger partial charge >= 0.3 is 5.97 Å². The molecule has 0 saturated carbocycles. The maximum atomic E-state index is 12.7. The van der Waals surface area contributed by atoms with E-state index in [1.807, 2.05) is 30.3 Å². The number of imide groups is 1. The third kappa shape index (κ3) is 4.69. The van der Waals surface area contributed by atoms with Gasteiger partial charge in [-0.2, -0.15) is 0 Å². The van der Waals surface area contributed by atoms with Crippen molar-refractivity contribution in [1.29, 1.82) is 0 Å². The first-order valence-electron chi connectivity index (χ1n) is 9.96. The molecule has 31 heavy (non-hydrogen) atoms. The van der Waals surface area contributed by atoms with Crippen molar-refractivity contribution in [3.63, 3.8) is 0 Å². The molecule has 5 atom stereocenters. The lowest BCUT2D eigenvalue weighted by Crippen LogP contribution is -2.66. The number of ether oxygens (including phenoxy) is 4. The summed E-state index contributed by atoms with van der Waals surface area (Å²) in [6.07, 6.45) is -4.62. The van der Waals surface area contributed by atoms with Gasteiger partial charge in [0.15, 0.2) is 12.4 Å². The largest absolute Gasteiger partial charge is 0.457 e. The Morgan fingerprint density at radius 1 is 1.13 bits per heavy atom. The zero-order chi connectivity index (χ0) is 22.7. The second kappa shape index (κ2) is 9.69. The Balaban J connectivity index is 1.80. The summed E-state index contributed by atoms with van der Waals surface area (Å²) >= 11 is 0. The highest BCUT2D eigenvalue weighted by Crippen LogP contribution is 2.33. The summed E-state index contributed by atoms with van der Waals surface area (Å²) in [4.78, 5) is 38.2. The topological polar surface area (TPSA) is 112 Å². The van der Waals surface area contributed by atoms with E-state index in [9.17, 15) is 19.5 Å². The average Bonchev–Trinajstić information content (AvgIpc) is 2.94. The second-order valence-corrected chi connectivity index (χ2v) is 7.56. The fourth-order valence-electron chi connectivity index (χ4n) is 3.75. The third-order valence-corrected chi connectivity index (χ3v) is 5.51. The van der Waals surface area contributed by atoms with Crippen LogP contribution in [0.1, 0.15) is 26.3 Å². The van der Waals surface area contributed by atoms with E-state index in [1.54, 1.807) is 13.8 Å². The highest BCUT2D eigenvalue weighted by molar-refractivity contribution is 6.19. The summed E-state index contributed by atoms with van der Waals surface area (Å²) < 4.78 is 22.3.